The van der Waals surface area contributed by atoms with Crippen LogP contribution in [0.2, 0.25) is 0 Å². The molecule has 2 N–H and O–H groups in total. The maximum absolute atomic E-state index is 11.9. The van der Waals surface area contributed by atoms with E-state index in [1.807, 2.05) is 37.5 Å². The molecule has 0 spiro atoms. The lowest BCUT2D eigenvalue weighted by Crippen LogP contribution is -2.18. The summed E-state index contributed by atoms with van der Waals surface area (Å²) >= 11 is 0. The lowest BCUT2D eigenvalue weighted by molar-refractivity contribution is 0.0603. The number of benzene rings is 1. The first-order valence-electron chi connectivity index (χ1n) is 7.93. The van der Waals surface area contributed by atoms with E-state index < -0.39 is 0 Å². The summed E-state index contributed by atoms with van der Waals surface area (Å²) < 4.78 is 4.84. The van der Waals surface area contributed by atoms with Crippen LogP contribution in [0.5, 0.6) is 0 Å². The Kier molecular flexibility index (Phi) is 4.62. The number of carbonyl (C=O) groups excluding carboxylic acids is 1. The van der Waals surface area contributed by atoms with Gasteiger partial charge in [-0.15, -0.1) is 0 Å². The van der Waals surface area contributed by atoms with Gasteiger partial charge >= 0.3 is 5.97 Å². The van der Waals surface area contributed by atoms with Gasteiger partial charge in [0.25, 0.3) is 0 Å². The van der Waals surface area contributed by atoms with E-state index in [9.17, 15) is 4.79 Å². The largest absolute Gasteiger partial charge is 0.465 e. The van der Waals surface area contributed by atoms with Crippen molar-refractivity contribution in [1.82, 2.24) is 15.3 Å². The van der Waals surface area contributed by atoms with E-state index in [1.54, 1.807) is 6.07 Å². The zero-order valence-corrected chi connectivity index (χ0v) is 14.1. The van der Waals surface area contributed by atoms with E-state index >= 15 is 0 Å². The van der Waals surface area contributed by atoms with Crippen molar-refractivity contribution in [3.63, 3.8) is 0 Å². The second-order valence-electron chi connectivity index (χ2n) is 5.87. The van der Waals surface area contributed by atoms with Crippen LogP contribution in [0.4, 0.5) is 0 Å². The van der Waals surface area contributed by atoms with Gasteiger partial charge in [-0.1, -0.05) is 12.1 Å². The number of aryl methyl sites for hydroxylation is 1. The third kappa shape index (κ3) is 3.16. The van der Waals surface area contributed by atoms with Gasteiger partial charge in [0.2, 0.25) is 0 Å². The first-order valence-corrected chi connectivity index (χ1v) is 7.93. The number of aromatic amines is 1. The Morgan fingerprint density at radius 3 is 2.96 bits per heavy atom. The molecule has 2 heterocycles. The van der Waals surface area contributed by atoms with Crippen molar-refractivity contribution < 1.29 is 9.53 Å². The van der Waals surface area contributed by atoms with Gasteiger partial charge in [-0.3, -0.25) is 4.98 Å². The van der Waals surface area contributed by atoms with E-state index in [-0.39, 0.29) is 12.0 Å². The van der Waals surface area contributed by atoms with E-state index in [0.29, 0.717) is 12.1 Å². The van der Waals surface area contributed by atoms with Crippen LogP contribution in [0.1, 0.15) is 40.1 Å². The molecule has 24 heavy (non-hydrogen) atoms. The smallest absolute Gasteiger partial charge is 0.339 e. The number of pyridine rings is 1. The summed E-state index contributed by atoms with van der Waals surface area (Å²) in [6.07, 6.45) is 3.77. The Balaban J connectivity index is 1.80. The highest BCUT2D eigenvalue weighted by atomic mass is 16.5. The molecule has 2 aromatic heterocycles. The number of esters is 1. The Bertz CT molecular complexity index is 870. The number of carbonyl (C=O) groups is 1. The summed E-state index contributed by atoms with van der Waals surface area (Å²) in [7, 11) is 1.39. The third-order valence-electron chi connectivity index (χ3n) is 4.23. The lowest BCUT2D eigenvalue weighted by atomic mass is 10.1. The first kappa shape index (κ1) is 16.2. The van der Waals surface area contributed by atoms with E-state index in [4.69, 9.17) is 4.74 Å². The fourth-order valence-corrected chi connectivity index (χ4v) is 2.86. The molecule has 0 fully saturated rings. The number of H-pyrrole nitrogens is 1. The van der Waals surface area contributed by atoms with Crippen molar-refractivity contribution in [3.05, 3.63) is 65.1 Å². The molecule has 0 saturated carbocycles. The summed E-state index contributed by atoms with van der Waals surface area (Å²) in [6, 6.07) is 9.97. The van der Waals surface area contributed by atoms with Crippen LogP contribution >= 0.6 is 0 Å². The van der Waals surface area contributed by atoms with Gasteiger partial charge in [0.1, 0.15) is 0 Å². The molecule has 0 aliphatic rings. The fourth-order valence-electron chi connectivity index (χ4n) is 2.86. The monoisotopic (exact) mass is 323 g/mol. The maximum Gasteiger partial charge on any atom is 0.339 e. The van der Waals surface area contributed by atoms with Crippen LogP contribution in [-0.4, -0.2) is 23.0 Å². The number of fused-ring (bicyclic) bond motifs is 1. The molecule has 124 valence electrons. The number of methoxy groups -OCH3 is 1. The predicted octanol–water partition coefficient (Wildman–Crippen LogP) is 3.51. The number of ether oxygens (including phenoxy) is 1. The van der Waals surface area contributed by atoms with Crippen molar-refractivity contribution in [1.29, 1.82) is 0 Å². The number of aromatic nitrogens is 2. The molecule has 0 radical (unpaired) electrons. The van der Waals surface area contributed by atoms with Gasteiger partial charge in [-0.2, -0.15) is 0 Å². The summed E-state index contributed by atoms with van der Waals surface area (Å²) in [5.41, 5.74) is 4.70. The molecule has 3 aromatic rings. The fraction of sp³-hybridized carbons (Fsp3) is 0.263. The van der Waals surface area contributed by atoms with Crippen molar-refractivity contribution in [2.24, 2.45) is 0 Å². The number of nitrogens with one attached hydrogen (secondary N) is 2. The normalized spacial score (nSPS) is 12.3. The molecule has 1 atom stereocenters. The summed E-state index contributed by atoms with van der Waals surface area (Å²) in [6.45, 7) is 4.82. The summed E-state index contributed by atoms with van der Waals surface area (Å²) in [5, 5.41) is 4.55. The van der Waals surface area contributed by atoms with Gasteiger partial charge in [0.15, 0.2) is 0 Å². The van der Waals surface area contributed by atoms with Gasteiger partial charge in [-0.05, 0) is 43.2 Å². The van der Waals surface area contributed by atoms with Gasteiger partial charge < -0.3 is 15.0 Å². The second kappa shape index (κ2) is 6.84. The number of para-hydroxylation sites is 1. The minimum absolute atomic E-state index is 0.209. The van der Waals surface area contributed by atoms with E-state index in [2.05, 4.69) is 28.3 Å². The molecule has 1 aromatic carbocycles. The van der Waals surface area contributed by atoms with Crippen molar-refractivity contribution >= 4 is 16.9 Å². The van der Waals surface area contributed by atoms with Crippen molar-refractivity contribution in [2.75, 3.05) is 7.11 Å². The number of nitrogens with zero attached hydrogens (tertiary/aromatic N) is 1. The molecule has 0 amide bonds. The van der Waals surface area contributed by atoms with Crippen LogP contribution in [0.3, 0.4) is 0 Å². The Morgan fingerprint density at radius 2 is 2.21 bits per heavy atom. The van der Waals surface area contributed by atoms with Crippen LogP contribution in [-0.2, 0) is 11.3 Å². The van der Waals surface area contributed by atoms with Crippen molar-refractivity contribution in [2.45, 2.75) is 26.4 Å². The molecule has 1 unspecified atom stereocenters. The third-order valence-corrected chi connectivity index (χ3v) is 4.23. The SMILES string of the molecule is COC(=O)c1cccc2c(CNC(C)c3ccnc(C)c3)c[nH]c12. The number of hydrogen-bond donors (Lipinski definition) is 2. The Hall–Kier alpha value is -2.66. The molecule has 5 nitrogen and oxygen atoms in total. The second-order valence-corrected chi connectivity index (χ2v) is 5.87. The highest BCUT2D eigenvalue weighted by molar-refractivity contribution is 6.03. The zero-order chi connectivity index (χ0) is 17.1. The van der Waals surface area contributed by atoms with Crippen LogP contribution < -0.4 is 5.32 Å². The Morgan fingerprint density at radius 1 is 1.38 bits per heavy atom. The quantitative estimate of drug-likeness (QED) is 0.705. The molecular weight excluding hydrogens is 302 g/mol. The number of rotatable bonds is 5. The molecule has 0 bridgehead atoms. The van der Waals surface area contributed by atoms with Crippen molar-refractivity contribution in [3.8, 4) is 0 Å². The summed E-state index contributed by atoms with van der Waals surface area (Å²) in [5.74, 6) is -0.331. The average Bonchev–Trinajstić information content (AvgIpc) is 3.02. The Labute approximate surface area is 141 Å². The van der Waals surface area contributed by atoms with Gasteiger partial charge in [0, 0.05) is 36.1 Å². The molecular formula is C19H21N3O2. The maximum atomic E-state index is 11.9. The summed E-state index contributed by atoms with van der Waals surface area (Å²) in [4.78, 5) is 19.3. The molecule has 0 aliphatic carbocycles. The standard InChI is InChI=1S/C19H21N3O2/c1-12-9-14(7-8-20-12)13(2)21-10-15-11-22-18-16(15)5-4-6-17(18)19(23)24-3/h4-9,11,13,21-22H,10H2,1-3H3. The van der Waals surface area contributed by atoms with Gasteiger partial charge in [0.05, 0.1) is 18.2 Å². The zero-order valence-electron chi connectivity index (χ0n) is 14.1. The average molecular weight is 323 g/mol. The molecule has 5 heteroatoms. The highest BCUT2D eigenvalue weighted by Crippen LogP contribution is 2.23. The molecule has 0 aliphatic heterocycles. The minimum atomic E-state index is -0.331. The first-order chi connectivity index (χ1) is 11.6. The van der Waals surface area contributed by atoms with Crippen LogP contribution in [0, 0.1) is 6.92 Å². The minimum Gasteiger partial charge on any atom is -0.465 e. The van der Waals surface area contributed by atoms with Gasteiger partial charge in [-0.25, -0.2) is 4.79 Å². The molecule has 3 rings (SSSR count). The van der Waals surface area contributed by atoms with Crippen LogP contribution in [0.15, 0.2) is 42.7 Å². The van der Waals surface area contributed by atoms with E-state index in [0.717, 1.165) is 22.2 Å². The number of hydrogen-bond acceptors (Lipinski definition) is 4. The van der Waals surface area contributed by atoms with Crippen LogP contribution in [0.25, 0.3) is 10.9 Å². The van der Waals surface area contributed by atoms with E-state index in [1.165, 1.54) is 12.7 Å². The predicted molar refractivity (Wildman–Crippen MR) is 93.9 cm³/mol. The molecule has 0 saturated heterocycles. The topological polar surface area (TPSA) is 67.0 Å². The highest BCUT2D eigenvalue weighted by Gasteiger charge is 2.14. The lowest BCUT2D eigenvalue weighted by Gasteiger charge is -2.14.